The second kappa shape index (κ2) is 13.1. The topological polar surface area (TPSA) is 111 Å². The van der Waals surface area contributed by atoms with E-state index in [1.807, 2.05) is 39.8 Å². The van der Waals surface area contributed by atoms with Gasteiger partial charge in [0.2, 0.25) is 5.78 Å². The third kappa shape index (κ3) is 7.05. The summed E-state index contributed by atoms with van der Waals surface area (Å²) >= 11 is 0. The molecule has 0 aliphatic carbocycles. The van der Waals surface area contributed by atoms with E-state index in [0.717, 1.165) is 11.1 Å². The smallest absolute Gasteiger partial charge is 0.358 e. The molecule has 2 aromatic heterocycles. The number of fused-ring (bicyclic) bond motifs is 1. The summed E-state index contributed by atoms with van der Waals surface area (Å²) in [5.41, 5.74) is 2.58. The van der Waals surface area contributed by atoms with Crippen molar-refractivity contribution >= 4 is 17.4 Å². The van der Waals surface area contributed by atoms with Gasteiger partial charge in [0, 0.05) is 41.8 Å². The first-order valence-electron chi connectivity index (χ1n) is 12.7. The Balaban J connectivity index is 0.00000507. The molecule has 0 bridgehead atoms. The van der Waals surface area contributed by atoms with E-state index in [4.69, 9.17) is 14.2 Å². The fourth-order valence-corrected chi connectivity index (χ4v) is 3.94. The summed E-state index contributed by atoms with van der Waals surface area (Å²) in [5, 5.41) is 21.8. The number of ether oxygens (including phenoxy) is 3. The molecule has 1 aromatic carbocycles. The van der Waals surface area contributed by atoms with Crippen LogP contribution in [-0.2, 0) is 12.0 Å². The summed E-state index contributed by atoms with van der Waals surface area (Å²) in [6.45, 7) is 14.9. The third-order valence-electron chi connectivity index (χ3n) is 5.71. The molecular formula is C27H40ClN5O5. The van der Waals surface area contributed by atoms with Gasteiger partial charge in [-0.05, 0) is 55.4 Å². The molecule has 0 atom stereocenters. The van der Waals surface area contributed by atoms with Crippen LogP contribution in [0.1, 0.15) is 69.4 Å². The van der Waals surface area contributed by atoms with E-state index in [1.54, 1.807) is 22.4 Å². The molecule has 0 fully saturated rings. The molecule has 0 spiro atoms. The molecule has 2 N–H and O–H groups in total. The Kier molecular flexibility index (Phi) is 10.7. The lowest BCUT2D eigenvalue weighted by Gasteiger charge is -2.25. The number of methoxy groups -OCH3 is 1. The van der Waals surface area contributed by atoms with Crippen molar-refractivity contribution in [3.05, 3.63) is 34.9 Å². The lowest BCUT2D eigenvalue weighted by molar-refractivity contribution is -0.714. The average molecular weight is 550 g/mol. The number of Topliss-reactive ketones (excluding diaryl/α,β-unsaturated/α-hetero) is 1. The van der Waals surface area contributed by atoms with Crippen LogP contribution < -0.4 is 36.6 Å². The molecule has 2 heterocycles. The minimum absolute atomic E-state index is 0. The first kappa shape index (κ1) is 31.1. The van der Waals surface area contributed by atoms with E-state index in [0.29, 0.717) is 54.2 Å². The van der Waals surface area contributed by atoms with Crippen LogP contribution >= 0.6 is 0 Å². The van der Waals surface area contributed by atoms with Crippen molar-refractivity contribution in [2.24, 2.45) is 0 Å². The van der Waals surface area contributed by atoms with Crippen molar-refractivity contribution in [1.29, 1.82) is 0 Å². The number of aromatic nitrogens is 4. The maximum absolute atomic E-state index is 13.6. The summed E-state index contributed by atoms with van der Waals surface area (Å²) in [6.07, 6.45) is 0.477. The Hall–Kier alpha value is -3.11. The molecule has 0 saturated heterocycles. The highest BCUT2D eigenvalue weighted by Crippen LogP contribution is 2.40. The number of ketones is 1. The molecule has 0 aliphatic rings. The van der Waals surface area contributed by atoms with E-state index in [1.165, 1.54) is 0 Å². The molecule has 0 radical (unpaired) electrons. The number of carbonyl (C=O) groups is 1. The van der Waals surface area contributed by atoms with Crippen LogP contribution in [0.5, 0.6) is 17.4 Å². The number of aryl methyl sites for hydroxylation is 1. The number of anilines is 1. The molecule has 0 aliphatic heterocycles. The minimum Gasteiger partial charge on any atom is -1.00 e. The Morgan fingerprint density at radius 3 is 2.50 bits per heavy atom. The molecule has 0 amide bonds. The maximum Gasteiger partial charge on any atom is 0.358 e. The van der Waals surface area contributed by atoms with Gasteiger partial charge >= 0.3 is 11.6 Å². The standard InChI is InChI=1S/C27H40N5O5.ClH/c1-9-36-25-18(4)13-23-31(30-26(28-17(2)3)32(23)29-25)16-21(34)19-14-20(27(5,6)7)24(35-8)22(15-19)37-12-10-11-33;/h13-15,17,33H,9-12,16H2,1-8H3,(H,28,30);1H/q+1;/p-1. The third-order valence-corrected chi connectivity index (χ3v) is 5.71. The van der Waals surface area contributed by atoms with Gasteiger partial charge in [0.25, 0.3) is 5.88 Å². The summed E-state index contributed by atoms with van der Waals surface area (Å²) in [5.74, 6) is 1.98. The number of hydrogen-bond donors (Lipinski definition) is 2. The monoisotopic (exact) mass is 549 g/mol. The van der Waals surface area contributed by atoms with Crippen LogP contribution in [0.25, 0.3) is 5.65 Å². The molecule has 11 heteroatoms. The predicted octanol–water partition coefficient (Wildman–Crippen LogP) is 0.498. The highest BCUT2D eigenvalue weighted by atomic mass is 35.5. The Morgan fingerprint density at radius 1 is 1.21 bits per heavy atom. The first-order chi connectivity index (χ1) is 17.5. The quantitative estimate of drug-likeness (QED) is 0.191. The number of nitrogens with one attached hydrogen (secondary N) is 1. The van der Waals surface area contributed by atoms with Crippen molar-refractivity contribution in [3.8, 4) is 17.4 Å². The number of nitrogens with zero attached hydrogens (tertiary/aromatic N) is 4. The van der Waals surface area contributed by atoms with Gasteiger partial charge in [-0.15, -0.1) is 4.68 Å². The van der Waals surface area contributed by atoms with Crippen LogP contribution in [-0.4, -0.2) is 58.6 Å². The van der Waals surface area contributed by atoms with Gasteiger partial charge in [0.1, 0.15) is 0 Å². The number of carbonyl (C=O) groups excluding carboxylic acids is 1. The van der Waals surface area contributed by atoms with Crippen molar-refractivity contribution in [1.82, 2.24) is 14.7 Å². The highest BCUT2D eigenvalue weighted by molar-refractivity contribution is 5.96. The van der Waals surface area contributed by atoms with Gasteiger partial charge in [0.05, 0.1) is 20.3 Å². The van der Waals surface area contributed by atoms with Gasteiger partial charge in [-0.25, -0.2) is 0 Å². The Bertz CT molecular complexity index is 1250. The van der Waals surface area contributed by atoms with Crippen LogP contribution in [0.3, 0.4) is 0 Å². The van der Waals surface area contributed by atoms with Crippen LogP contribution in [0.15, 0.2) is 18.2 Å². The SMILES string of the molecule is CCOc1nn2c(NC(C)C)n[n+](CC(=O)c3cc(OCCCO)c(OC)c(C(C)(C)C)c3)c2cc1C.[Cl-]. The normalized spacial score (nSPS) is 11.4. The minimum atomic E-state index is -0.296. The maximum atomic E-state index is 13.6. The fourth-order valence-electron chi connectivity index (χ4n) is 3.94. The van der Waals surface area contributed by atoms with E-state index in [2.05, 4.69) is 36.3 Å². The van der Waals surface area contributed by atoms with Gasteiger partial charge in [-0.2, -0.15) is 0 Å². The molecule has 0 saturated carbocycles. The number of aliphatic hydroxyl groups excluding tert-OH is 1. The fraction of sp³-hybridized carbons (Fsp3) is 0.556. The van der Waals surface area contributed by atoms with Gasteiger partial charge in [-0.3, -0.25) is 4.79 Å². The highest BCUT2D eigenvalue weighted by Gasteiger charge is 2.28. The zero-order valence-electron chi connectivity index (χ0n) is 23.6. The summed E-state index contributed by atoms with van der Waals surface area (Å²) < 4.78 is 20.6. The molecule has 38 heavy (non-hydrogen) atoms. The lowest BCUT2D eigenvalue weighted by atomic mass is 9.84. The average Bonchev–Trinajstić information content (AvgIpc) is 3.13. The van der Waals surface area contributed by atoms with Crippen molar-refractivity contribution < 1.29 is 41.2 Å². The molecule has 10 nitrogen and oxygen atoms in total. The molecular weight excluding hydrogens is 510 g/mol. The van der Waals surface area contributed by atoms with Crippen molar-refractivity contribution in [2.75, 3.05) is 32.2 Å². The number of hydrogen-bond acceptors (Lipinski definition) is 8. The van der Waals surface area contributed by atoms with Gasteiger partial charge in [0.15, 0.2) is 18.0 Å². The van der Waals surface area contributed by atoms with E-state index in [-0.39, 0.29) is 42.8 Å². The van der Waals surface area contributed by atoms with Gasteiger partial charge in [-0.1, -0.05) is 25.3 Å². The van der Waals surface area contributed by atoms with Crippen LogP contribution in [0.2, 0.25) is 0 Å². The van der Waals surface area contributed by atoms with Crippen molar-refractivity contribution in [3.63, 3.8) is 0 Å². The largest absolute Gasteiger partial charge is 1.00 e. The van der Waals surface area contributed by atoms with E-state index >= 15 is 0 Å². The zero-order chi connectivity index (χ0) is 27.3. The molecule has 3 rings (SSSR count). The number of halogens is 1. The Morgan fingerprint density at radius 2 is 1.92 bits per heavy atom. The summed E-state index contributed by atoms with van der Waals surface area (Å²) in [7, 11) is 1.59. The summed E-state index contributed by atoms with van der Waals surface area (Å²) in [4.78, 5) is 13.6. The second-order valence-electron chi connectivity index (χ2n) is 10.3. The first-order valence-corrected chi connectivity index (χ1v) is 12.7. The van der Waals surface area contributed by atoms with E-state index in [9.17, 15) is 9.90 Å². The Labute approximate surface area is 230 Å². The summed E-state index contributed by atoms with van der Waals surface area (Å²) in [6, 6.07) is 5.60. The molecule has 210 valence electrons. The van der Waals surface area contributed by atoms with Crippen LogP contribution in [0.4, 0.5) is 5.95 Å². The van der Waals surface area contributed by atoms with Crippen LogP contribution in [0, 0.1) is 6.92 Å². The van der Waals surface area contributed by atoms with Gasteiger partial charge < -0.3 is 37.0 Å². The van der Waals surface area contributed by atoms with Crippen molar-refractivity contribution in [2.45, 2.75) is 72.9 Å². The number of rotatable bonds is 12. The molecule has 3 aromatic rings. The van der Waals surface area contributed by atoms with E-state index < -0.39 is 0 Å². The lowest BCUT2D eigenvalue weighted by Crippen LogP contribution is -3.00. The number of benzene rings is 1. The number of aliphatic hydroxyl groups is 1. The predicted molar refractivity (Wildman–Crippen MR) is 141 cm³/mol. The zero-order valence-corrected chi connectivity index (χ0v) is 24.3. The molecule has 0 unspecified atom stereocenters. The second-order valence-corrected chi connectivity index (χ2v) is 10.3.